The molecule has 0 aromatic heterocycles. The zero-order valence-electron chi connectivity index (χ0n) is 11.6. The molecule has 0 aromatic rings. The summed E-state index contributed by atoms with van der Waals surface area (Å²) in [4.78, 5) is 22.2. The van der Waals surface area contributed by atoms with Crippen molar-refractivity contribution in [3.05, 3.63) is 0 Å². The van der Waals surface area contributed by atoms with Gasteiger partial charge in [0.05, 0.1) is 11.6 Å². The van der Waals surface area contributed by atoms with E-state index in [4.69, 9.17) is 10.5 Å². The number of nitrogens with zero attached hydrogens (tertiary/aromatic N) is 1. The Morgan fingerprint density at radius 3 is 2.84 bits per heavy atom. The highest BCUT2D eigenvalue weighted by Crippen LogP contribution is 2.27. The van der Waals surface area contributed by atoms with Gasteiger partial charge in [-0.2, -0.15) is 5.10 Å². The van der Waals surface area contributed by atoms with Crippen LogP contribution in [-0.4, -0.2) is 23.8 Å². The van der Waals surface area contributed by atoms with Gasteiger partial charge in [-0.3, -0.25) is 4.79 Å². The standard InChI is InChI=1S/C13H23N3O3/c1-3-4-5-6-7-10-8-11(19-12(10)17)9(2)15-16-13(14)18/h10-11H,3-8H2,1-2H3,(H3,14,16,18)/b15-9+/t10-,11-/m1/s1. The summed E-state index contributed by atoms with van der Waals surface area (Å²) in [6.07, 6.45) is 5.76. The van der Waals surface area contributed by atoms with E-state index in [1.165, 1.54) is 12.8 Å². The van der Waals surface area contributed by atoms with Crippen molar-refractivity contribution in [2.75, 3.05) is 0 Å². The van der Waals surface area contributed by atoms with Crippen molar-refractivity contribution in [3.63, 3.8) is 0 Å². The first-order chi connectivity index (χ1) is 9.04. The first-order valence-electron chi connectivity index (χ1n) is 6.84. The number of esters is 1. The fraction of sp³-hybridized carbons (Fsp3) is 0.769. The van der Waals surface area contributed by atoms with Gasteiger partial charge in [-0.05, 0) is 13.3 Å². The summed E-state index contributed by atoms with van der Waals surface area (Å²) < 4.78 is 5.26. The molecule has 1 saturated heterocycles. The van der Waals surface area contributed by atoms with E-state index in [2.05, 4.69) is 17.5 Å². The molecular weight excluding hydrogens is 246 g/mol. The van der Waals surface area contributed by atoms with E-state index < -0.39 is 6.03 Å². The Balaban J connectivity index is 2.39. The summed E-state index contributed by atoms with van der Waals surface area (Å²) in [5.74, 6) is -0.198. The summed E-state index contributed by atoms with van der Waals surface area (Å²) in [5, 5.41) is 3.80. The van der Waals surface area contributed by atoms with Crippen molar-refractivity contribution in [1.29, 1.82) is 0 Å². The molecule has 1 rings (SSSR count). The van der Waals surface area contributed by atoms with E-state index in [1.54, 1.807) is 6.92 Å². The Kier molecular flexibility index (Phi) is 6.32. The molecule has 0 unspecified atom stereocenters. The number of hydrogen-bond donors (Lipinski definition) is 2. The van der Waals surface area contributed by atoms with Crippen LogP contribution in [0.3, 0.4) is 0 Å². The predicted molar refractivity (Wildman–Crippen MR) is 72.6 cm³/mol. The molecule has 6 nitrogen and oxygen atoms in total. The SMILES string of the molecule is CCCCCC[C@@H]1C[C@H](/C(C)=N/NC(N)=O)OC1=O. The summed E-state index contributed by atoms with van der Waals surface area (Å²) >= 11 is 0. The summed E-state index contributed by atoms with van der Waals surface area (Å²) in [6.45, 7) is 3.87. The number of amides is 2. The summed E-state index contributed by atoms with van der Waals surface area (Å²) in [5.41, 5.74) is 7.64. The fourth-order valence-electron chi connectivity index (χ4n) is 2.16. The predicted octanol–water partition coefficient (Wildman–Crippen LogP) is 1.93. The normalized spacial score (nSPS) is 23.3. The molecular formula is C13H23N3O3. The van der Waals surface area contributed by atoms with E-state index >= 15 is 0 Å². The third kappa shape index (κ3) is 5.28. The van der Waals surface area contributed by atoms with Crippen LogP contribution in [0.2, 0.25) is 0 Å². The number of carbonyl (C=O) groups is 2. The Morgan fingerprint density at radius 1 is 1.47 bits per heavy atom. The maximum absolute atomic E-state index is 11.7. The second kappa shape index (κ2) is 7.76. The number of cyclic esters (lactones) is 1. The van der Waals surface area contributed by atoms with Gasteiger partial charge >= 0.3 is 12.0 Å². The Bertz CT molecular complexity index is 355. The number of hydrazone groups is 1. The van der Waals surface area contributed by atoms with Gasteiger partial charge in [0.25, 0.3) is 0 Å². The maximum atomic E-state index is 11.7. The smallest absolute Gasteiger partial charge is 0.332 e. The van der Waals surface area contributed by atoms with Crippen molar-refractivity contribution in [2.45, 2.75) is 58.5 Å². The molecule has 0 saturated carbocycles. The van der Waals surface area contributed by atoms with Crippen molar-refractivity contribution in [2.24, 2.45) is 16.8 Å². The molecule has 3 N–H and O–H groups in total. The van der Waals surface area contributed by atoms with Gasteiger partial charge in [0, 0.05) is 6.42 Å². The molecule has 1 aliphatic heterocycles. The van der Waals surface area contributed by atoms with Crippen LogP contribution in [0, 0.1) is 5.92 Å². The molecule has 2 amide bonds. The maximum Gasteiger partial charge on any atom is 0.332 e. The number of carbonyl (C=O) groups excluding carboxylic acids is 2. The van der Waals surface area contributed by atoms with E-state index in [1.807, 2.05) is 0 Å². The Labute approximate surface area is 113 Å². The van der Waals surface area contributed by atoms with Gasteiger partial charge in [0.15, 0.2) is 0 Å². The summed E-state index contributed by atoms with van der Waals surface area (Å²) in [6, 6.07) is -0.722. The van der Waals surface area contributed by atoms with Crippen LogP contribution in [0.1, 0.15) is 52.4 Å². The second-order valence-corrected chi connectivity index (χ2v) is 4.94. The monoisotopic (exact) mass is 269 g/mol. The van der Waals surface area contributed by atoms with Gasteiger partial charge in [0.2, 0.25) is 0 Å². The molecule has 1 aliphatic rings. The third-order valence-corrected chi connectivity index (χ3v) is 3.30. The number of ether oxygens (including phenoxy) is 1. The topological polar surface area (TPSA) is 93.8 Å². The highest BCUT2D eigenvalue weighted by atomic mass is 16.6. The lowest BCUT2D eigenvalue weighted by atomic mass is 9.96. The molecule has 0 bridgehead atoms. The van der Waals surface area contributed by atoms with Crippen LogP contribution >= 0.6 is 0 Å². The van der Waals surface area contributed by atoms with Crippen LogP contribution in [0.15, 0.2) is 5.10 Å². The number of urea groups is 1. The van der Waals surface area contributed by atoms with Crippen molar-refractivity contribution >= 4 is 17.7 Å². The average molecular weight is 269 g/mol. The van der Waals surface area contributed by atoms with Crippen molar-refractivity contribution in [3.8, 4) is 0 Å². The minimum Gasteiger partial charge on any atom is -0.456 e. The zero-order chi connectivity index (χ0) is 14.3. The van der Waals surface area contributed by atoms with Crippen LogP contribution in [0.4, 0.5) is 4.79 Å². The lowest BCUT2D eigenvalue weighted by Gasteiger charge is -2.07. The molecule has 0 aliphatic carbocycles. The molecule has 2 atom stereocenters. The average Bonchev–Trinajstić information content (AvgIpc) is 2.73. The first kappa shape index (κ1) is 15.5. The van der Waals surface area contributed by atoms with Crippen LogP contribution < -0.4 is 11.2 Å². The van der Waals surface area contributed by atoms with Gasteiger partial charge in [-0.15, -0.1) is 0 Å². The molecule has 1 fully saturated rings. The number of hydrogen-bond acceptors (Lipinski definition) is 4. The van der Waals surface area contributed by atoms with Crippen LogP contribution in [-0.2, 0) is 9.53 Å². The summed E-state index contributed by atoms with van der Waals surface area (Å²) in [7, 11) is 0. The van der Waals surface area contributed by atoms with E-state index in [-0.39, 0.29) is 18.0 Å². The fourth-order valence-corrected chi connectivity index (χ4v) is 2.16. The number of unbranched alkanes of at least 4 members (excludes halogenated alkanes) is 3. The zero-order valence-corrected chi connectivity index (χ0v) is 11.6. The van der Waals surface area contributed by atoms with E-state index in [0.29, 0.717) is 12.1 Å². The van der Waals surface area contributed by atoms with Crippen molar-refractivity contribution < 1.29 is 14.3 Å². The van der Waals surface area contributed by atoms with Gasteiger partial charge in [-0.25, -0.2) is 10.2 Å². The number of nitrogens with one attached hydrogen (secondary N) is 1. The number of nitrogens with two attached hydrogens (primary N) is 1. The molecule has 108 valence electrons. The van der Waals surface area contributed by atoms with E-state index in [9.17, 15) is 9.59 Å². The second-order valence-electron chi connectivity index (χ2n) is 4.94. The van der Waals surface area contributed by atoms with Crippen LogP contribution in [0.25, 0.3) is 0 Å². The molecule has 6 heteroatoms. The van der Waals surface area contributed by atoms with Gasteiger partial charge < -0.3 is 10.5 Å². The minimum absolute atomic E-state index is 0.0411. The molecule has 0 aromatic carbocycles. The number of primary amides is 1. The molecule has 0 spiro atoms. The lowest BCUT2D eigenvalue weighted by molar-refractivity contribution is -0.142. The van der Waals surface area contributed by atoms with Crippen molar-refractivity contribution in [1.82, 2.24) is 5.43 Å². The van der Waals surface area contributed by atoms with E-state index in [0.717, 1.165) is 19.3 Å². The Hall–Kier alpha value is -1.59. The highest BCUT2D eigenvalue weighted by molar-refractivity contribution is 5.91. The van der Waals surface area contributed by atoms with Crippen LogP contribution in [0.5, 0.6) is 0 Å². The lowest BCUT2D eigenvalue weighted by Crippen LogP contribution is -2.28. The number of rotatable bonds is 7. The van der Waals surface area contributed by atoms with Gasteiger partial charge in [0.1, 0.15) is 6.10 Å². The third-order valence-electron chi connectivity index (χ3n) is 3.30. The quantitative estimate of drug-likeness (QED) is 0.320. The Morgan fingerprint density at radius 2 is 2.21 bits per heavy atom. The molecule has 19 heavy (non-hydrogen) atoms. The highest BCUT2D eigenvalue weighted by Gasteiger charge is 2.35. The first-order valence-corrected chi connectivity index (χ1v) is 6.84. The van der Waals surface area contributed by atoms with Gasteiger partial charge in [-0.1, -0.05) is 32.6 Å². The molecule has 0 radical (unpaired) electrons. The largest absolute Gasteiger partial charge is 0.456 e. The minimum atomic E-state index is -0.722. The molecule has 1 heterocycles.